The molecule has 8 heteroatoms. The van der Waals surface area contributed by atoms with Crippen LogP contribution in [-0.4, -0.2) is 8.76 Å². The summed E-state index contributed by atoms with van der Waals surface area (Å²) in [6.07, 6.45) is -4.42. The van der Waals surface area contributed by atoms with Crippen LogP contribution in [0.2, 0.25) is 0 Å². The van der Waals surface area contributed by atoms with E-state index in [2.05, 4.69) is 4.72 Å². The van der Waals surface area contributed by atoms with Gasteiger partial charge in [0.15, 0.2) is 0 Å². The van der Waals surface area contributed by atoms with Crippen LogP contribution in [0, 0.1) is 11.3 Å². The van der Waals surface area contributed by atoms with Gasteiger partial charge in [-0.1, -0.05) is 18.2 Å². The first-order chi connectivity index (χ1) is 10.3. The third-order valence-electron chi connectivity index (χ3n) is 2.87. The van der Waals surface area contributed by atoms with Gasteiger partial charge in [-0.2, -0.15) is 18.4 Å². The molecule has 0 bridgehead atoms. The molecule has 2 N–H and O–H groups in total. The fourth-order valence-corrected chi connectivity index (χ4v) is 2.22. The summed E-state index contributed by atoms with van der Waals surface area (Å²) in [5.41, 5.74) is 0.540. The van der Waals surface area contributed by atoms with Crippen molar-refractivity contribution in [3.63, 3.8) is 0 Å². The van der Waals surface area contributed by atoms with Crippen LogP contribution in [0.1, 0.15) is 11.1 Å². The number of nitrogens with one attached hydrogen (secondary N) is 1. The van der Waals surface area contributed by atoms with Crippen molar-refractivity contribution in [2.75, 3.05) is 4.72 Å². The van der Waals surface area contributed by atoms with E-state index in [1.807, 2.05) is 6.07 Å². The summed E-state index contributed by atoms with van der Waals surface area (Å²) in [5.74, 6) is 0. The Balaban J connectivity index is 2.40. The van der Waals surface area contributed by atoms with Crippen molar-refractivity contribution < 1.29 is 21.9 Å². The number of alkyl halides is 3. The molecule has 0 heterocycles. The lowest BCUT2D eigenvalue weighted by Crippen LogP contribution is -2.04. The smallest absolute Gasteiger partial charge is 0.289 e. The number of rotatable bonds is 3. The Labute approximate surface area is 126 Å². The predicted molar refractivity (Wildman–Crippen MR) is 76.0 cm³/mol. The Hall–Kier alpha value is -2.37. The molecular formula is C14H9F3N2O2S. The summed E-state index contributed by atoms with van der Waals surface area (Å²) < 4.78 is 59.2. The van der Waals surface area contributed by atoms with Gasteiger partial charge in [0, 0.05) is 5.69 Å². The van der Waals surface area contributed by atoms with E-state index in [-0.39, 0.29) is 11.3 Å². The van der Waals surface area contributed by atoms with E-state index in [1.165, 1.54) is 30.3 Å². The van der Waals surface area contributed by atoms with Gasteiger partial charge in [-0.15, -0.1) is 0 Å². The molecule has 0 amide bonds. The average Bonchev–Trinajstić information content (AvgIpc) is 2.45. The number of nitrogens with zero attached hydrogens (tertiary/aromatic N) is 1. The monoisotopic (exact) mass is 326 g/mol. The number of halogens is 3. The van der Waals surface area contributed by atoms with E-state index in [4.69, 9.17) is 9.81 Å². The SMILES string of the molecule is N#Cc1cc(NS(=O)O)ccc1-c1ccc(C(F)(F)F)cc1. The van der Waals surface area contributed by atoms with E-state index in [9.17, 15) is 17.4 Å². The second-order valence-electron chi connectivity index (χ2n) is 4.30. The topological polar surface area (TPSA) is 73.1 Å². The Bertz CT molecular complexity index is 752. The van der Waals surface area contributed by atoms with Crippen molar-refractivity contribution in [1.29, 1.82) is 5.26 Å². The van der Waals surface area contributed by atoms with Crippen LogP contribution >= 0.6 is 0 Å². The molecule has 0 fully saturated rings. The second-order valence-corrected chi connectivity index (χ2v) is 5.00. The summed E-state index contributed by atoms with van der Waals surface area (Å²) in [6.45, 7) is 0. The molecule has 0 saturated carbocycles. The second kappa shape index (κ2) is 6.17. The molecular weight excluding hydrogens is 317 g/mol. The highest BCUT2D eigenvalue weighted by Gasteiger charge is 2.30. The van der Waals surface area contributed by atoms with Gasteiger partial charge in [-0.3, -0.25) is 9.27 Å². The average molecular weight is 326 g/mol. The van der Waals surface area contributed by atoms with E-state index < -0.39 is 23.0 Å². The van der Waals surface area contributed by atoms with Crippen LogP contribution in [-0.2, 0) is 17.4 Å². The zero-order valence-corrected chi connectivity index (χ0v) is 11.7. The summed E-state index contributed by atoms with van der Waals surface area (Å²) in [7, 11) is 0. The molecule has 1 unspecified atom stereocenters. The summed E-state index contributed by atoms with van der Waals surface area (Å²) >= 11 is -2.28. The van der Waals surface area contributed by atoms with Gasteiger partial charge in [0.25, 0.3) is 11.3 Å². The Morgan fingerprint density at radius 1 is 1.14 bits per heavy atom. The zero-order valence-electron chi connectivity index (χ0n) is 10.9. The van der Waals surface area contributed by atoms with Gasteiger partial charge in [0.2, 0.25) is 0 Å². The van der Waals surface area contributed by atoms with Crippen molar-refractivity contribution in [1.82, 2.24) is 0 Å². The van der Waals surface area contributed by atoms with Crippen LogP contribution in [0.5, 0.6) is 0 Å². The maximum atomic E-state index is 12.5. The molecule has 4 nitrogen and oxygen atoms in total. The Morgan fingerprint density at radius 2 is 1.77 bits per heavy atom. The van der Waals surface area contributed by atoms with Crippen LogP contribution < -0.4 is 4.72 Å². The largest absolute Gasteiger partial charge is 0.416 e. The summed E-state index contributed by atoms with van der Waals surface area (Å²) in [5, 5.41) is 9.13. The molecule has 0 aliphatic heterocycles. The number of nitriles is 1. The zero-order chi connectivity index (χ0) is 16.3. The molecule has 2 aromatic rings. The standard InChI is InChI=1S/C14H9F3N2O2S/c15-14(16,17)11-3-1-9(2-4-11)13-6-5-12(19-22(20)21)7-10(13)8-18/h1-7,19H,(H,20,21). The molecule has 0 spiro atoms. The fourth-order valence-electron chi connectivity index (χ4n) is 1.89. The lowest BCUT2D eigenvalue weighted by Gasteiger charge is -2.10. The first-order valence-electron chi connectivity index (χ1n) is 5.90. The molecule has 0 aliphatic carbocycles. The number of hydrogen-bond acceptors (Lipinski definition) is 2. The highest BCUT2D eigenvalue weighted by Crippen LogP contribution is 2.32. The van der Waals surface area contributed by atoms with Gasteiger partial charge >= 0.3 is 6.18 Å². The molecule has 22 heavy (non-hydrogen) atoms. The van der Waals surface area contributed by atoms with E-state index in [1.54, 1.807) is 0 Å². The van der Waals surface area contributed by atoms with Gasteiger partial charge in [0.05, 0.1) is 17.2 Å². The number of anilines is 1. The number of benzene rings is 2. The van der Waals surface area contributed by atoms with Crippen LogP contribution in [0.3, 0.4) is 0 Å². The third-order valence-corrected chi connectivity index (χ3v) is 3.28. The molecule has 1 atom stereocenters. The van der Waals surface area contributed by atoms with Crippen molar-refractivity contribution >= 4 is 17.0 Å². The lowest BCUT2D eigenvalue weighted by atomic mass is 9.99. The van der Waals surface area contributed by atoms with Crippen LogP contribution in [0.15, 0.2) is 42.5 Å². The molecule has 0 aromatic heterocycles. The predicted octanol–water partition coefficient (Wildman–Crippen LogP) is 3.79. The fraction of sp³-hybridized carbons (Fsp3) is 0.0714. The third kappa shape index (κ3) is 3.63. The van der Waals surface area contributed by atoms with Crippen LogP contribution in [0.4, 0.5) is 18.9 Å². The number of hydrogen-bond donors (Lipinski definition) is 2. The van der Waals surface area contributed by atoms with Crippen molar-refractivity contribution in [2.24, 2.45) is 0 Å². The van der Waals surface area contributed by atoms with E-state index in [0.29, 0.717) is 11.1 Å². The van der Waals surface area contributed by atoms with E-state index in [0.717, 1.165) is 12.1 Å². The normalized spacial score (nSPS) is 12.5. The maximum Gasteiger partial charge on any atom is 0.416 e. The van der Waals surface area contributed by atoms with Gasteiger partial charge in [-0.05, 0) is 35.4 Å². The molecule has 0 saturated heterocycles. The first kappa shape index (κ1) is 16.0. The van der Waals surface area contributed by atoms with Gasteiger partial charge in [0.1, 0.15) is 0 Å². The molecule has 2 rings (SSSR count). The van der Waals surface area contributed by atoms with Gasteiger partial charge < -0.3 is 0 Å². The minimum atomic E-state index is -4.42. The first-order valence-corrected chi connectivity index (χ1v) is 7.01. The van der Waals surface area contributed by atoms with Crippen molar-refractivity contribution in [3.8, 4) is 17.2 Å². The highest BCUT2D eigenvalue weighted by atomic mass is 32.2. The van der Waals surface area contributed by atoms with Crippen molar-refractivity contribution in [3.05, 3.63) is 53.6 Å². The highest BCUT2D eigenvalue weighted by molar-refractivity contribution is 7.80. The maximum absolute atomic E-state index is 12.5. The summed E-state index contributed by atoms with van der Waals surface area (Å²) in [4.78, 5) is 0. The minimum Gasteiger partial charge on any atom is -0.289 e. The summed E-state index contributed by atoms with van der Waals surface area (Å²) in [6, 6.07) is 10.6. The quantitative estimate of drug-likeness (QED) is 0.843. The lowest BCUT2D eigenvalue weighted by molar-refractivity contribution is -0.137. The van der Waals surface area contributed by atoms with Crippen molar-refractivity contribution in [2.45, 2.75) is 6.18 Å². The Kier molecular flexibility index (Phi) is 4.49. The van der Waals surface area contributed by atoms with E-state index >= 15 is 0 Å². The van der Waals surface area contributed by atoms with Crippen LogP contribution in [0.25, 0.3) is 11.1 Å². The van der Waals surface area contributed by atoms with Gasteiger partial charge in [-0.25, -0.2) is 4.21 Å². The molecule has 0 radical (unpaired) electrons. The molecule has 0 aliphatic rings. The molecule has 114 valence electrons. The Morgan fingerprint density at radius 3 is 2.27 bits per heavy atom. The molecule has 2 aromatic carbocycles. The minimum absolute atomic E-state index is 0.176.